The van der Waals surface area contributed by atoms with Crippen LogP contribution in [0.25, 0.3) is 0 Å². The molecule has 0 saturated carbocycles. The molecule has 0 fully saturated rings. The van der Waals surface area contributed by atoms with Crippen LogP contribution in [0.15, 0.2) is 91.0 Å². The lowest BCUT2D eigenvalue weighted by Crippen LogP contribution is -2.35. The number of hydrogen-bond donors (Lipinski definition) is 1. The van der Waals surface area contributed by atoms with Gasteiger partial charge in [-0.2, -0.15) is 0 Å². The molecule has 1 N–H and O–H groups in total. The number of rotatable bonds is 8. The van der Waals surface area contributed by atoms with Crippen LogP contribution in [-0.2, 0) is 9.30 Å². The Hall–Kier alpha value is -3.24. The van der Waals surface area contributed by atoms with Crippen molar-refractivity contribution in [2.75, 3.05) is 6.54 Å². The van der Waals surface area contributed by atoms with E-state index in [1.807, 2.05) is 42.5 Å². The molecule has 7 heteroatoms. The maximum Gasteiger partial charge on any atom is 0.439 e. The van der Waals surface area contributed by atoms with E-state index in [-0.39, 0.29) is 6.54 Å². The van der Waals surface area contributed by atoms with Crippen LogP contribution in [0.2, 0.25) is 0 Å². The third kappa shape index (κ3) is 6.89. The number of hydrogen-bond acceptors (Lipinski definition) is 5. The number of amides is 1. The minimum Gasteiger partial charge on any atom is -0.444 e. The molecular weight excluding hydrogens is 425 g/mol. The maximum absolute atomic E-state index is 14.3. The van der Waals surface area contributed by atoms with Gasteiger partial charge in [-0.15, -0.1) is 0 Å². The molecule has 0 radical (unpaired) electrons. The number of carbonyl (C=O) groups is 1. The Kier molecular flexibility index (Phi) is 7.60. The summed E-state index contributed by atoms with van der Waals surface area (Å²) in [5, 5.41) is 2.72. The summed E-state index contributed by atoms with van der Waals surface area (Å²) in [7, 11) is -3.87. The van der Waals surface area contributed by atoms with Gasteiger partial charge in [0.2, 0.25) is 0 Å². The van der Waals surface area contributed by atoms with Crippen LogP contribution in [0.1, 0.15) is 32.0 Å². The third-order valence-electron chi connectivity index (χ3n) is 4.36. The number of benzene rings is 3. The van der Waals surface area contributed by atoms with Gasteiger partial charge in [0.25, 0.3) is 0 Å². The monoisotopic (exact) mass is 453 g/mol. The molecule has 3 rings (SSSR count). The second-order valence-corrected chi connectivity index (χ2v) is 10.2. The molecule has 3 aromatic carbocycles. The molecule has 0 aromatic heterocycles. The molecule has 0 unspecified atom stereocenters. The van der Waals surface area contributed by atoms with Crippen molar-refractivity contribution >= 4 is 13.7 Å². The van der Waals surface area contributed by atoms with Gasteiger partial charge in [0, 0.05) is 6.54 Å². The standard InChI is InChI=1S/C25H28NO5P/c1-25(2,3)29-24(27)26-19-23(20-13-7-4-8-14-20)32(28,30-21-15-9-5-10-16-21)31-22-17-11-6-12-18-22/h4-18,23H,19H2,1-3H3,(H,26,27)/t23-/m0/s1. The zero-order valence-electron chi connectivity index (χ0n) is 18.4. The summed E-state index contributed by atoms with van der Waals surface area (Å²) in [6.45, 7) is 5.34. The van der Waals surface area contributed by atoms with E-state index in [2.05, 4.69) is 5.32 Å². The number of ether oxygens (including phenoxy) is 1. The zero-order chi connectivity index (χ0) is 23.0. The average molecular weight is 453 g/mol. The molecule has 0 aliphatic rings. The fraction of sp³-hybridized carbons (Fsp3) is 0.240. The third-order valence-corrected chi connectivity index (χ3v) is 6.53. The van der Waals surface area contributed by atoms with Gasteiger partial charge >= 0.3 is 13.7 Å². The number of carbonyl (C=O) groups excluding carboxylic acids is 1. The van der Waals surface area contributed by atoms with Gasteiger partial charge in [0.1, 0.15) is 22.8 Å². The van der Waals surface area contributed by atoms with Gasteiger partial charge in [-0.05, 0) is 50.6 Å². The molecule has 1 atom stereocenters. The second-order valence-electron chi connectivity index (χ2n) is 8.16. The molecule has 0 saturated heterocycles. The normalized spacial score (nSPS) is 12.5. The highest BCUT2D eigenvalue weighted by molar-refractivity contribution is 7.55. The Morgan fingerprint density at radius 2 is 1.25 bits per heavy atom. The van der Waals surface area contributed by atoms with Gasteiger partial charge < -0.3 is 19.1 Å². The molecule has 0 aliphatic heterocycles. The largest absolute Gasteiger partial charge is 0.444 e. The summed E-state index contributed by atoms with van der Waals surface area (Å²) in [6.07, 6.45) is -0.607. The highest BCUT2D eigenvalue weighted by Gasteiger charge is 2.41. The van der Waals surface area contributed by atoms with E-state index >= 15 is 0 Å². The minimum absolute atomic E-state index is 0.00410. The van der Waals surface area contributed by atoms with Crippen LogP contribution in [-0.4, -0.2) is 18.2 Å². The minimum atomic E-state index is -3.87. The summed E-state index contributed by atoms with van der Waals surface area (Å²) < 4.78 is 31.7. The lowest BCUT2D eigenvalue weighted by atomic mass is 10.1. The summed E-state index contributed by atoms with van der Waals surface area (Å²) in [5.41, 5.74) is -0.729. The van der Waals surface area contributed by atoms with Gasteiger partial charge in [-0.3, -0.25) is 0 Å². The molecule has 1 amide bonds. The molecule has 168 valence electrons. The Morgan fingerprint density at radius 1 is 0.812 bits per heavy atom. The van der Waals surface area contributed by atoms with Crippen molar-refractivity contribution in [2.24, 2.45) is 0 Å². The molecule has 6 nitrogen and oxygen atoms in total. The summed E-state index contributed by atoms with van der Waals surface area (Å²) >= 11 is 0. The molecule has 0 heterocycles. The van der Waals surface area contributed by atoms with Crippen LogP contribution in [0.5, 0.6) is 11.5 Å². The molecular formula is C25H28NO5P. The van der Waals surface area contributed by atoms with Crippen molar-refractivity contribution < 1.29 is 23.1 Å². The second kappa shape index (κ2) is 10.4. The molecule has 0 spiro atoms. The Bertz CT molecular complexity index is 991. The Labute approximate surface area is 189 Å². The van der Waals surface area contributed by atoms with Crippen molar-refractivity contribution in [3.63, 3.8) is 0 Å². The van der Waals surface area contributed by atoms with E-state index < -0.39 is 24.9 Å². The van der Waals surface area contributed by atoms with Gasteiger partial charge in [0.15, 0.2) is 0 Å². The lowest BCUT2D eigenvalue weighted by Gasteiger charge is -2.28. The number of alkyl carbamates (subject to hydrolysis) is 1. The van der Waals surface area contributed by atoms with Gasteiger partial charge in [0.05, 0.1) is 0 Å². The molecule has 0 aliphatic carbocycles. The smallest absolute Gasteiger partial charge is 0.439 e. The topological polar surface area (TPSA) is 73.9 Å². The fourth-order valence-corrected chi connectivity index (χ4v) is 4.96. The van der Waals surface area contributed by atoms with Crippen molar-refractivity contribution in [3.8, 4) is 11.5 Å². The van der Waals surface area contributed by atoms with Crippen molar-refractivity contribution in [2.45, 2.75) is 32.0 Å². The van der Waals surface area contributed by atoms with E-state index in [1.165, 1.54) is 0 Å². The number of para-hydroxylation sites is 2. The quantitative estimate of drug-likeness (QED) is 0.389. The van der Waals surface area contributed by atoms with E-state index in [0.29, 0.717) is 17.1 Å². The summed E-state index contributed by atoms with van der Waals surface area (Å²) in [6, 6.07) is 26.9. The van der Waals surface area contributed by atoms with Crippen LogP contribution in [0, 0.1) is 0 Å². The Balaban J connectivity index is 1.96. The summed E-state index contributed by atoms with van der Waals surface area (Å²) in [5.74, 6) is 0.815. The van der Waals surface area contributed by atoms with Crippen LogP contribution in [0.3, 0.4) is 0 Å². The average Bonchev–Trinajstić information content (AvgIpc) is 2.74. The first-order chi connectivity index (χ1) is 15.3. The first-order valence-electron chi connectivity index (χ1n) is 10.4. The maximum atomic E-state index is 14.3. The SMILES string of the molecule is CC(C)(C)OC(=O)NC[C@@H](c1ccccc1)P(=O)(Oc1ccccc1)Oc1ccccc1. The van der Waals surface area contributed by atoms with E-state index in [9.17, 15) is 9.36 Å². The van der Waals surface area contributed by atoms with E-state index in [4.69, 9.17) is 13.8 Å². The summed E-state index contributed by atoms with van der Waals surface area (Å²) in [4.78, 5) is 12.3. The Morgan fingerprint density at radius 3 is 1.69 bits per heavy atom. The van der Waals surface area contributed by atoms with Crippen molar-refractivity contribution in [3.05, 3.63) is 96.6 Å². The van der Waals surface area contributed by atoms with Crippen LogP contribution in [0.4, 0.5) is 4.79 Å². The molecule has 3 aromatic rings. The molecule has 32 heavy (non-hydrogen) atoms. The predicted octanol–water partition coefficient (Wildman–Crippen LogP) is 6.60. The van der Waals surface area contributed by atoms with Crippen molar-refractivity contribution in [1.29, 1.82) is 0 Å². The van der Waals surface area contributed by atoms with Crippen LogP contribution >= 0.6 is 7.60 Å². The van der Waals surface area contributed by atoms with E-state index in [1.54, 1.807) is 69.3 Å². The van der Waals surface area contributed by atoms with E-state index in [0.717, 1.165) is 0 Å². The highest BCUT2D eigenvalue weighted by atomic mass is 31.2. The zero-order valence-corrected chi connectivity index (χ0v) is 19.3. The van der Waals surface area contributed by atoms with Crippen molar-refractivity contribution in [1.82, 2.24) is 5.32 Å². The van der Waals surface area contributed by atoms with Crippen LogP contribution < -0.4 is 14.4 Å². The fourth-order valence-electron chi connectivity index (χ4n) is 2.98. The predicted molar refractivity (Wildman–Crippen MR) is 125 cm³/mol. The first-order valence-corrected chi connectivity index (χ1v) is 12.0. The van der Waals surface area contributed by atoms with Gasteiger partial charge in [-0.25, -0.2) is 9.36 Å². The number of nitrogens with one attached hydrogen (secondary N) is 1. The van der Waals surface area contributed by atoms with Gasteiger partial charge in [-0.1, -0.05) is 66.7 Å². The molecule has 0 bridgehead atoms. The lowest BCUT2D eigenvalue weighted by molar-refractivity contribution is 0.0527. The highest BCUT2D eigenvalue weighted by Crippen LogP contribution is 2.59. The first kappa shape index (κ1) is 23.4.